The van der Waals surface area contributed by atoms with Gasteiger partial charge in [-0.15, -0.1) is 11.3 Å². The number of halogens is 2. The third kappa shape index (κ3) is 3.41. The van der Waals surface area contributed by atoms with Crippen LogP contribution in [0.2, 0.25) is 8.67 Å². The maximum Gasteiger partial charge on any atom is 0.119 e. The number of hydrazine groups is 1. The van der Waals surface area contributed by atoms with Gasteiger partial charge in [-0.3, -0.25) is 5.84 Å². The van der Waals surface area contributed by atoms with E-state index in [1.54, 1.807) is 0 Å². The predicted octanol–water partition coefficient (Wildman–Crippen LogP) is 4.01. The summed E-state index contributed by atoms with van der Waals surface area (Å²) in [5.74, 6) is 6.46. The first-order valence-electron chi connectivity index (χ1n) is 5.79. The standard InChI is InChI=1S/C13H14Cl2N2OS/c1-2-18-9-5-3-8(4-6-9)12(17-16)10-7-11(14)19-13(10)15/h3-7,12,17H,2,16H2,1H3. The predicted molar refractivity (Wildman–Crippen MR) is 81.1 cm³/mol. The molecule has 0 radical (unpaired) electrons. The Hall–Kier alpha value is -0.780. The summed E-state index contributed by atoms with van der Waals surface area (Å²) < 4.78 is 6.70. The first-order chi connectivity index (χ1) is 9.15. The fourth-order valence-corrected chi connectivity index (χ4v) is 3.37. The smallest absolute Gasteiger partial charge is 0.119 e. The molecule has 3 N–H and O–H groups in total. The number of ether oxygens (including phenoxy) is 1. The molecule has 0 bridgehead atoms. The summed E-state index contributed by atoms with van der Waals surface area (Å²) in [6.07, 6.45) is 0. The zero-order valence-electron chi connectivity index (χ0n) is 10.3. The fraction of sp³-hybridized carbons (Fsp3) is 0.231. The Morgan fingerprint density at radius 3 is 2.47 bits per heavy atom. The summed E-state index contributed by atoms with van der Waals surface area (Å²) in [6, 6.07) is 9.37. The molecule has 19 heavy (non-hydrogen) atoms. The molecule has 0 saturated heterocycles. The molecule has 1 unspecified atom stereocenters. The highest BCUT2D eigenvalue weighted by Crippen LogP contribution is 2.37. The molecule has 1 aromatic heterocycles. The zero-order valence-corrected chi connectivity index (χ0v) is 12.6. The van der Waals surface area contributed by atoms with Crippen molar-refractivity contribution in [2.45, 2.75) is 13.0 Å². The van der Waals surface area contributed by atoms with Crippen LogP contribution in [0, 0.1) is 0 Å². The third-order valence-electron chi connectivity index (χ3n) is 2.69. The summed E-state index contributed by atoms with van der Waals surface area (Å²) in [6.45, 7) is 2.59. The van der Waals surface area contributed by atoms with Crippen LogP contribution in [0.15, 0.2) is 30.3 Å². The van der Waals surface area contributed by atoms with Gasteiger partial charge in [0.25, 0.3) is 0 Å². The van der Waals surface area contributed by atoms with Crippen LogP contribution in [0.1, 0.15) is 24.1 Å². The van der Waals surface area contributed by atoms with Crippen LogP contribution in [0.3, 0.4) is 0 Å². The van der Waals surface area contributed by atoms with Gasteiger partial charge in [0.2, 0.25) is 0 Å². The van der Waals surface area contributed by atoms with Crippen LogP contribution < -0.4 is 16.0 Å². The van der Waals surface area contributed by atoms with Gasteiger partial charge in [-0.1, -0.05) is 35.3 Å². The average Bonchev–Trinajstić information content (AvgIpc) is 2.72. The molecule has 6 heteroatoms. The molecule has 2 aromatic rings. The van der Waals surface area contributed by atoms with Crippen LogP contribution in [0.5, 0.6) is 5.75 Å². The number of thiophene rings is 1. The van der Waals surface area contributed by atoms with Crippen molar-refractivity contribution < 1.29 is 4.74 Å². The Labute approximate surface area is 126 Å². The Bertz CT molecular complexity index is 542. The molecule has 0 aliphatic rings. The molecule has 102 valence electrons. The second-order valence-corrected chi connectivity index (χ2v) is 6.17. The van der Waals surface area contributed by atoms with Crippen molar-refractivity contribution in [1.29, 1.82) is 0 Å². The van der Waals surface area contributed by atoms with Crippen molar-refractivity contribution >= 4 is 34.5 Å². The Morgan fingerprint density at radius 1 is 1.32 bits per heavy atom. The van der Waals surface area contributed by atoms with Gasteiger partial charge in [0.05, 0.1) is 21.3 Å². The molecular weight excluding hydrogens is 303 g/mol. The summed E-state index contributed by atoms with van der Waals surface area (Å²) >= 11 is 13.5. The highest BCUT2D eigenvalue weighted by molar-refractivity contribution is 7.20. The molecule has 0 aliphatic heterocycles. The first-order valence-corrected chi connectivity index (χ1v) is 7.36. The lowest BCUT2D eigenvalue weighted by atomic mass is 10.0. The normalized spacial score (nSPS) is 12.4. The van der Waals surface area contributed by atoms with Gasteiger partial charge in [0.1, 0.15) is 5.75 Å². The minimum atomic E-state index is -0.188. The SMILES string of the molecule is CCOc1ccc(C(NN)c2cc(Cl)sc2Cl)cc1. The summed E-state index contributed by atoms with van der Waals surface area (Å²) in [5.41, 5.74) is 4.64. The number of hydrogen-bond acceptors (Lipinski definition) is 4. The van der Waals surface area contributed by atoms with E-state index in [0.29, 0.717) is 15.3 Å². The van der Waals surface area contributed by atoms with Gasteiger partial charge in [0.15, 0.2) is 0 Å². The Morgan fingerprint density at radius 2 is 2.00 bits per heavy atom. The van der Waals surface area contributed by atoms with Crippen molar-refractivity contribution in [2.24, 2.45) is 5.84 Å². The maximum absolute atomic E-state index is 6.16. The van der Waals surface area contributed by atoms with E-state index in [-0.39, 0.29) is 6.04 Å². The molecule has 1 aromatic carbocycles. The number of rotatable bonds is 5. The highest BCUT2D eigenvalue weighted by Gasteiger charge is 2.18. The van der Waals surface area contributed by atoms with E-state index in [1.165, 1.54) is 11.3 Å². The van der Waals surface area contributed by atoms with Gasteiger partial charge in [-0.05, 0) is 30.7 Å². The van der Waals surface area contributed by atoms with Crippen LogP contribution >= 0.6 is 34.5 Å². The molecule has 1 heterocycles. The number of hydrogen-bond donors (Lipinski definition) is 2. The largest absolute Gasteiger partial charge is 0.494 e. The number of nitrogens with one attached hydrogen (secondary N) is 1. The quantitative estimate of drug-likeness (QED) is 0.647. The molecule has 1 atom stereocenters. The van der Waals surface area contributed by atoms with Crippen molar-refractivity contribution in [3.63, 3.8) is 0 Å². The lowest BCUT2D eigenvalue weighted by Crippen LogP contribution is -2.28. The highest BCUT2D eigenvalue weighted by atomic mass is 35.5. The Kier molecular flexibility index (Phi) is 5.07. The van der Waals surface area contributed by atoms with Gasteiger partial charge in [-0.2, -0.15) is 0 Å². The van der Waals surface area contributed by atoms with Crippen LogP contribution in [-0.4, -0.2) is 6.61 Å². The molecule has 0 aliphatic carbocycles. The van der Waals surface area contributed by atoms with Crippen LogP contribution in [0.4, 0.5) is 0 Å². The van der Waals surface area contributed by atoms with E-state index in [1.807, 2.05) is 37.3 Å². The minimum absolute atomic E-state index is 0.188. The minimum Gasteiger partial charge on any atom is -0.494 e. The van der Waals surface area contributed by atoms with E-state index in [9.17, 15) is 0 Å². The second-order valence-electron chi connectivity index (χ2n) is 3.88. The van der Waals surface area contributed by atoms with Crippen molar-refractivity contribution in [3.05, 3.63) is 50.1 Å². The summed E-state index contributed by atoms with van der Waals surface area (Å²) in [4.78, 5) is 0. The fourth-order valence-electron chi connectivity index (χ4n) is 1.84. The number of nitrogens with two attached hydrogens (primary N) is 1. The van der Waals surface area contributed by atoms with E-state index in [4.69, 9.17) is 33.8 Å². The van der Waals surface area contributed by atoms with Crippen molar-refractivity contribution in [1.82, 2.24) is 5.43 Å². The lowest BCUT2D eigenvalue weighted by molar-refractivity contribution is 0.340. The van der Waals surface area contributed by atoms with Crippen molar-refractivity contribution in [3.8, 4) is 5.75 Å². The van der Waals surface area contributed by atoms with Gasteiger partial charge < -0.3 is 4.74 Å². The zero-order chi connectivity index (χ0) is 13.8. The van der Waals surface area contributed by atoms with Crippen molar-refractivity contribution in [2.75, 3.05) is 6.61 Å². The summed E-state index contributed by atoms with van der Waals surface area (Å²) in [7, 11) is 0. The van der Waals surface area contributed by atoms with E-state index in [0.717, 1.165) is 16.9 Å². The molecule has 0 amide bonds. The topological polar surface area (TPSA) is 47.3 Å². The third-order valence-corrected chi connectivity index (χ3v) is 4.20. The van der Waals surface area contributed by atoms with Crippen LogP contribution in [-0.2, 0) is 0 Å². The molecule has 3 nitrogen and oxygen atoms in total. The Balaban J connectivity index is 2.29. The van der Waals surface area contributed by atoms with Gasteiger partial charge in [-0.25, -0.2) is 5.43 Å². The van der Waals surface area contributed by atoms with E-state index < -0.39 is 0 Å². The first kappa shape index (κ1) is 14.6. The second kappa shape index (κ2) is 6.59. The van der Waals surface area contributed by atoms with Gasteiger partial charge >= 0.3 is 0 Å². The average molecular weight is 317 g/mol. The maximum atomic E-state index is 6.16. The lowest BCUT2D eigenvalue weighted by Gasteiger charge is -2.16. The molecular formula is C13H14Cl2N2OS. The molecule has 0 fully saturated rings. The molecule has 0 saturated carbocycles. The van der Waals surface area contributed by atoms with E-state index >= 15 is 0 Å². The monoisotopic (exact) mass is 316 g/mol. The van der Waals surface area contributed by atoms with Gasteiger partial charge in [0, 0.05) is 5.56 Å². The molecule has 0 spiro atoms. The molecule has 2 rings (SSSR count). The van der Waals surface area contributed by atoms with E-state index in [2.05, 4.69) is 5.43 Å². The van der Waals surface area contributed by atoms with Crippen LogP contribution in [0.25, 0.3) is 0 Å². The number of benzene rings is 1. The summed E-state index contributed by atoms with van der Waals surface area (Å²) in [5, 5.41) is 0.